The fourth-order valence-electron chi connectivity index (χ4n) is 1.60. The van der Waals surface area contributed by atoms with Crippen molar-refractivity contribution >= 4 is 0 Å². The van der Waals surface area contributed by atoms with Crippen LogP contribution >= 0.6 is 0 Å². The molecule has 1 aromatic heterocycles. The molecule has 0 aromatic carbocycles. The van der Waals surface area contributed by atoms with E-state index in [4.69, 9.17) is 0 Å². The van der Waals surface area contributed by atoms with Gasteiger partial charge in [-0.3, -0.25) is 0 Å². The zero-order chi connectivity index (χ0) is 15.2. The molecule has 0 spiro atoms. The molecule has 20 heavy (non-hydrogen) atoms. The van der Waals surface area contributed by atoms with Crippen LogP contribution in [0.15, 0.2) is 6.07 Å². The highest BCUT2D eigenvalue weighted by Crippen LogP contribution is 2.15. The highest BCUT2D eigenvalue weighted by Gasteiger charge is 2.27. The van der Waals surface area contributed by atoms with Crippen LogP contribution in [0.25, 0.3) is 0 Å². The molecule has 1 aromatic rings. The molecule has 1 heterocycles. The Morgan fingerprint density at radius 1 is 1.30 bits per heavy atom. The summed E-state index contributed by atoms with van der Waals surface area (Å²) in [6, 6.07) is 1.81. The Hall–Kier alpha value is -1.21. The van der Waals surface area contributed by atoms with Crippen LogP contribution in [0.5, 0.6) is 0 Å². The number of halogens is 3. The van der Waals surface area contributed by atoms with Crippen LogP contribution in [0.1, 0.15) is 31.1 Å². The normalized spacial score (nSPS) is 12.2. The van der Waals surface area contributed by atoms with Gasteiger partial charge in [0, 0.05) is 12.2 Å². The van der Waals surface area contributed by atoms with Crippen molar-refractivity contribution < 1.29 is 17.9 Å². The van der Waals surface area contributed by atoms with E-state index in [9.17, 15) is 13.2 Å². The monoisotopic (exact) mass is 291 g/mol. The molecule has 0 saturated carbocycles. The molecular weight excluding hydrogens is 271 g/mol. The molecule has 0 aliphatic rings. The third-order valence-corrected chi connectivity index (χ3v) is 2.31. The first-order valence-electron chi connectivity index (χ1n) is 6.45. The van der Waals surface area contributed by atoms with Gasteiger partial charge in [-0.15, -0.1) is 0 Å². The predicted molar refractivity (Wildman–Crippen MR) is 69.0 cm³/mol. The van der Waals surface area contributed by atoms with E-state index in [-0.39, 0.29) is 12.4 Å². The third kappa shape index (κ3) is 7.40. The standard InChI is InChI=1S/C13H20F3N3O/c1-9(2)5-17-6-11-4-10(3)18-12(19-11)7-20-8-13(14,15)16/h4,9,17H,5-8H2,1-3H3. The van der Waals surface area contributed by atoms with Crippen molar-refractivity contribution in [1.29, 1.82) is 0 Å². The molecule has 0 radical (unpaired) electrons. The second kappa shape index (κ2) is 7.54. The number of nitrogens with zero attached hydrogens (tertiary/aromatic N) is 2. The molecule has 0 bridgehead atoms. The SMILES string of the molecule is Cc1cc(CNCC(C)C)nc(COCC(F)(F)F)n1. The van der Waals surface area contributed by atoms with Gasteiger partial charge in [-0.05, 0) is 25.5 Å². The van der Waals surface area contributed by atoms with Crippen LogP contribution in [0, 0.1) is 12.8 Å². The minimum atomic E-state index is -4.33. The van der Waals surface area contributed by atoms with Gasteiger partial charge < -0.3 is 10.1 Å². The number of hydrogen-bond acceptors (Lipinski definition) is 4. The van der Waals surface area contributed by atoms with E-state index in [0.29, 0.717) is 18.2 Å². The molecule has 0 atom stereocenters. The maximum atomic E-state index is 12.0. The highest BCUT2D eigenvalue weighted by atomic mass is 19.4. The van der Waals surface area contributed by atoms with Gasteiger partial charge in [0.05, 0.1) is 5.69 Å². The van der Waals surface area contributed by atoms with Gasteiger partial charge in [-0.1, -0.05) is 13.8 Å². The number of aromatic nitrogens is 2. The van der Waals surface area contributed by atoms with Crippen LogP contribution < -0.4 is 5.32 Å². The van der Waals surface area contributed by atoms with E-state index in [2.05, 4.69) is 33.9 Å². The van der Waals surface area contributed by atoms with E-state index in [0.717, 1.165) is 12.2 Å². The quantitative estimate of drug-likeness (QED) is 0.839. The van der Waals surface area contributed by atoms with Crippen LogP contribution in [-0.2, 0) is 17.9 Å². The lowest BCUT2D eigenvalue weighted by Gasteiger charge is -2.10. The number of hydrogen-bond donors (Lipinski definition) is 1. The van der Waals surface area contributed by atoms with Crippen molar-refractivity contribution in [3.8, 4) is 0 Å². The predicted octanol–water partition coefficient (Wildman–Crippen LogP) is 2.61. The van der Waals surface area contributed by atoms with Gasteiger partial charge in [-0.2, -0.15) is 13.2 Å². The van der Waals surface area contributed by atoms with Crippen molar-refractivity contribution in [2.75, 3.05) is 13.2 Å². The summed E-state index contributed by atoms with van der Waals surface area (Å²) < 4.78 is 40.5. The summed E-state index contributed by atoms with van der Waals surface area (Å²) >= 11 is 0. The van der Waals surface area contributed by atoms with Crippen molar-refractivity contribution in [3.05, 3.63) is 23.3 Å². The van der Waals surface area contributed by atoms with Crippen molar-refractivity contribution in [2.45, 2.75) is 40.1 Å². The molecular formula is C13H20F3N3O. The average Bonchev–Trinajstić information content (AvgIpc) is 2.25. The first kappa shape index (κ1) is 16.8. The Morgan fingerprint density at radius 2 is 2.00 bits per heavy atom. The summed E-state index contributed by atoms with van der Waals surface area (Å²) in [5.74, 6) is 0.795. The van der Waals surface area contributed by atoms with E-state index in [1.54, 1.807) is 13.0 Å². The van der Waals surface area contributed by atoms with E-state index in [1.165, 1.54) is 0 Å². The van der Waals surface area contributed by atoms with Gasteiger partial charge in [-0.25, -0.2) is 9.97 Å². The molecule has 0 saturated heterocycles. The smallest absolute Gasteiger partial charge is 0.364 e. The molecule has 0 amide bonds. The van der Waals surface area contributed by atoms with E-state index < -0.39 is 12.8 Å². The minimum absolute atomic E-state index is 0.238. The summed E-state index contributed by atoms with van der Waals surface area (Å²) in [6.07, 6.45) is -4.33. The van der Waals surface area contributed by atoms with Gasteiger partial charge in [0.25, 0.3) is 0 Å². The van der Waals surface area contributed by atoms with Gasteiger partial charge in [0.15, 0.2) is 5.82 Å². The third-order valence-electron chi connectivity index (χ3n) is 2.31. The summed E-state index contributed by atoms with van der Waals surface area (Å²) in [7, 11) is 0. The average molecular weight is 291 g/mol. The van der Waals surface area contributed by atoms with Gasteiger partial charge >= 0.3 is 6.18 Å². The number of alkyl halides is 3. The van der Waals surface area contributed by atoms with Crippen LogP contribution in [0.3, 0.4) is 0 Å². The Labute approximate surface area is 116 Å². The lowest BCUT2D eigenvalue weighted by Crippen LogP contribution is -2.21. The molecule has 0 unspecified atom stereocenters. The lowest BCUT2D eigenvalue weighted by atomic mass is 10.2. The molecule has 7 heteroatoms. The Bertz CT molecular complexity index is 422. The fraction of sp³-hybridized carbons (Fsp3) is 0.692. The molecule has 0 aliphatic carbocycles. The largest absolute Gasteiger partial charge is 0.411 e. The first-order valence-corrected chi connectivity index (χ1v) is 6.45. The zero-order valence-corrected chi connectivity index (χ0v) is 11.9. The van der Waals surface area contributed by atoms with Gasteiger partial charge in [0.1, 0.15) is 13.2 Å². The summed E-state index contributed by atoms with van der Waals surface area (Å²) in [5, 5.41) is 3.22. The minimum Gasteiger partial charge on any atom is -0.364 e. The maximum Gasteiger partial charge on any atom is 0.411 e. The van der Waals surface area contributed by atoms with Crippen LogP contribution in [0.4, 0.5) is 13.2 Å². The highest BCUT2D eigenvalue weighted by molar-refractivity contribution is 5.09. The second-order valence-electron chi connectivity index (χ2n) is 5.05. The second-order valence-corrected chi connectivity index (χ2v) is 5.05. The molecule has 1 rings (SSSR count). The summed E-state index contributed by atoms with van der Waals surface area (Å²) in [4.78, 5) is 8.25. The summed E-state index contributed by atoms with van der Waals surface area (Å²) in [5.41, 5.74) is 1.47. The topological polar surface area (TPSA) is 47.0 Å². The first-order chi connectivity index (χ1) is 9.26. The van der Waals surface area contributed by atoms with Crippen molar-refractivity contribution in [2.24, 2.45) is 5.92 Å². The number of aryl methyl sites for hydroxylation is 1. The molecule has 1 N–H and O–H groups in total. The lowest BCUT2D eigenvalue weighted by molar-refractivity contribution is -0.177. The van der Waals surface area contributed by atoms with Gasteiger partial charge in [0.2, 0.25) is 0 Å². The number of rotatable bonds is 7. The number of nitrogens with one attached hydrogen (secondary N) is 1. The Morgan fingerprint density at radius 3 is 2.60 bits per heavy atom. The molecule has 4 nitrogen and oxygen atoms in total. The Balaban J connectivity index is 2.53. The fourth-order valence-corrected chi connectivity index (χ4v) is 1.60. The maximum absolute atomic E-state index is 12.0. The molecule has 0 fully saturated rings. The molecule has 114 valence electrons. The number of ether oxygens (including phenoxy) is 1. The van der Waals surface area contributed by atoms with E-state index >= 15 is 0 Å². The van der Waals surface area contributed by atoms with Crippen LogP contribution in [0.2, 0.25) is 0 Å². The van der Waals surface area contributed by atoms with E-state index in [1.807, 2.05) is 0 Å². The summed E-state index contributed by atoms with van der Waals surface area (Å²) in [6.45, 7) is 5.85. The molecule has 0 aliphatic heterocycles. The zero-order valence-electron chi connectivity index (χ0n) is 11.9. The Kier molecular flexibility index (Phi) is 6.35. The van der Waals surface area contributed by atoms with Crippen LogP contribution in [-0.4, -0.2) is 29.3 Å². The van der Waals surface area contributed by atoms with Crippen molar-refractivity contribution in [3.63, 3.8) is 0 Å². The van der Waals surface area contributed by atoms with Crippen molar-refractivity contribution in [1.82, 2.24) is 15.3 Å².